The summed E-state index contributed by atoms with van der Waals surface area (Å²) >= 11 is 0. The number of ether oxygens (including phenoxy) is 14. The number of hydrogen-bond acceptors (Lipinski definition) is 33. The molecule has 0 aromatic rings. The lowest BCUT2D eigenvalue weighted by Gasteiger charge is -2.62. The lowest BCUT2D eigenvalue weighted by Crippen LogP contribution is -2.69. The van der Waals surface area contributed by atoms with E-state index >= 15 is 0 Å². The quantitative estimate of drug-likeness (QED) is 0.0476. The van der Waals surface area contributed by atoms with Crippen LogP contribution in [-0.4, -0.2) is 333 Å². The SMILES string of the molecule is CC1CC2(CC(C)C3(CC4(C)CCC5=C(CCC6C5(C)CCC(OC5OC(COC7OCC(O)C(O)C7OC7OC(CO)C(O)C(OC8OC(CO)C(O)C(O)C8OC8OC(CO)C(O)C(O)C8O)C7OC7OC(C)C(O)C(O)C7O)C(O)C(O)C5O)C6(C)CO)C4(C)C3)O2)OC1=O. The molecule has 8 saturated heterocycles. The molecule has 0 aromatic carbocycles. The van der Waals surface area contributed by atoms with Crippen LogP contribution in [0.25, 0.3) is 0 Å². The third-order valence-corrected chi connectivity index (χ3v) is 25.0. The van der Waals surface area contributed by atoms with Gasteiger partial charge >= 0.3 is 5.97 Å². The Balaban J connectivity index is 0.771. The van der Waals surface area contributed by atoms with Gasteiger partial charge in [-0.25, -0.2) is 0 Å². The zero-order valence-corrected chi connectivity index (χ0v) is 56.0. The molecule has 0 amide bonds. The van der Waals surface area contributed by atoms with E-state index in [-0.39, 0.29) is 46.6 Å². The van der Waals surface area contributed by atoms with Crippen molar-refractivity contribution in [1.82, 2.24) is 0 Å². The number of aliphatic hydroxyl groups excluding tert-OH is 18. The molecule has 18 N–H and O–H groups in total. The van der Waals surface area contributed by atoms with Crippen molar-refractivity contribution in [3.63, 3.8) is 0 Å². The maximum absolute atomic E-state index is 12.8. The van der Waals surface area contributed by atoms with Gasteiger partial charge in [-0.1, -0.05) is 52.7 Å². The predicted molar refractivity (Wildman–Crippen MR) is 322 cm³/mol. The second kappa shape index (κ2) is 28.4. The van der Waals surface area contributed by atoms with Crippen molar-refractivity contribution in [2.24, 2.45) is 39.4 Å². The van der Waals surface area contributed by atoms with Gasteiger partial charge in [0.15, 0.2) is 37.7 Å². The second-order valence-corrected chi connectivity index (χ2v) is 31.1. The van der Waals surface area contributed by atoms with Crippen LogP contribution in [0.4, 0.5) is 0 Å². The summed E-state index contributed by atoms with van der Waals surface area (Å²) in [5, 5.41) is 200. The van der Waals surface area contributed by atoms with Gasteiger partial charge in [0.25, 0.3) is 0 Å². The van der Waals surface area contributed by atoms with E-state index in [4.69, 9.17) is 66.3 Å². The Labute approximate surface area is 565 Å². The number of hydrogen-bond donors (Lipinski definition) is 18. The number of carbonyl (C=O) groups excluding carboxylic acids is 1. The van der Waals surface area contributed by atoms with Crippen molar-refractivity contribution >= 4 is 5.97 Å². The highest BCUT2D eigenvalue weighted by Gasteiger charge is 2.72. The summed E-state index contributed by atoms with van der Waals surface area (Å²) < 4.78 is 86.0. The van der Waals surface area contributed by atoms with E-state index in [0.29, 0.717) is 32.1 Å². The van der Waals surface area contributed by atoms with E-state index in [2.05, 4.69) is 27.7 Å². The summed E-state index contributed by atoms with van der Waals surface area (Å²) in [6.45, 7) is 9.76. The molecule has 39 atom stereocenters. The lowest BCUT2D eigenvalue weighted by atomic mass is 9.44. The summed E-state index contributed by atoms with van der Waals surface area (Å²) in [7, 11) is 0. The Bertz CT molecular complexity index is 2810. The van der Waals surface area contributed by atoms with E-state index in [1.807, 2.05) is 13.8 Å². The normalized spacial score (nSPS) is 55.9. The van der Waals surface area contributed by atoms with Crippen molar-refractivity contribution in [3.05, 3.63) is 11.1 Å². The molecule has 12 rings (SSSR count). The Morgan fingerprint density at radius 3 is 1.64 bits per heavy atom. The van der Waals surface area contributed by atoms with Gasteiger partial charge in [-0.3, -0.25) is 4.79 Å². The molecule has 2 saturated carbocycles. The Morgan fingerprint density at radius 1 is 0.490 bits per heavy atom. The first-order valence-electron chi connectivity index (χ1n) is 34.6. The molecule has 39 unspecified atom stereocenters. The fourth-order valence-electron chi connectivity index (χ4n) is 19.0. The fourth-order valence-corrected chi connectivity index (χ4v) is 19.0. The topological polar surface area (TPSA) is 510 Å². The molecule has 33 heteroatoms. The predicted octanol–water partition coefficient (Wildman–Crippen LogP) is -5.86. The van der Waals surface area contributed by atoms with Gasteiger partial charge in [-0.05, 0) is 86.4 Å². The monoisotopic (exact) mass is 1410 g/mol. The molecule has 8 aliphatic heterocycles. The van der Waals surface area contributed by atoms with Gasteiger partial charge in [-0.2, -0.15) is 0 Å². The van der Waals surface area contributed by atoms with Gasteiger partial charge in [0.1, 0.15) is 134 Å². The van der Waals surface area contributed by atoms with Gasteiger partial charge in [0.05, 0.1) is 63.4 Å². The number of aliphatic hydroxyl groups is 18. The summed E-state index contributed by atoms with van der Waals surface area (Å²) in [6, 6.07) is 0. The van der Waals surface area contributed by atoms with Gasteiger partial charge < -0.3 is 158 Å². The minimum Gasteiger partial charge on any atom is -0.433 e. The summed E-state index contributed by atoms with van der Waals surface area (Å²) in [6.07, 6.45) is -49.0. The largest absolute Gasteiger partial charge is 0.433 e. The number of esters is 1. The molecule has 8 heterocycles. The van der Waals surface area contributed by atoms with E-state index in [1.54, 1.807) is 0 Å². The number of rotatable bonds is 17. The molecule has 0 aromatic heterocycles. The Kier molecular flexibility index (Phi) is 21.9. The van der Waals surface area contributed by atoms with Crippen LogP contribution in [-0.2, 0) is 71.1 Å². The van der Waals surface area contributed by atoms with Crippen molar-refractivity contribution in [3.8, 4) is 0 Å². The molecule has 2 spiro atoms. The third-order valence-electron chi connectivity index (χ3n) is 25.0. The Hall–Kier alpha value is -2.03. The van der Waals surface area contributed by atoms with Crippen molar-refractivity contribution in [2.75, 3.05) is 39.6 Å². The standard InChI is InChI=1S/C65H104O33/c1-24-14-65(97-53(24)84)15-25(2)64(98-65)21-60(4)12-10-27-28(63(60,7)22-64)8-9-34-61(27,5)13-11-35(62(34,6)23-69)92-55-47(82)44(79)40(75)33(91-55)20-86-57-50(37(72)29(70)19-85-57)95-59-52(96-54-46(81)42(77)36(71)26(3)87-54)49(41(76)32(18-68)90-59)93-58-51(45(80)39(74)31(17-67)89-58)94-56-48(83)43(78)38(73)30(16-66)88-56/h24-26,29-52,54-59,66-83H,8-23H2,1-7H3. The van der Waals surface area contributed by atoms with Crippen LogP contribution in [0.1, 0.15) is 113 Å². The number of allylic oxidation sites excluding steroid dienone is 2. The minimum atomic E-state index is -2.16. The Morgan fingerprint density at radius 2 is 1.02 bits per heavy atom. The average molecular weight is 1410 g/mol. The first-order chi connectivity index (χ1) is 46.2. The maximum Gasteiger partial charge on any atom is 0.311 e. The molecule has 0 bridgehead atoms. The fraction of sp³-hybridized carbons (Fsp3) is 0.954. The molecule has 98 heavy (non-hydrogen) atoms. The van der Waals surface area contributed by atoms with E-state index < -0.39 is 234 Å². The van der Waals surface area contributed by atoms with Crippen LogP contribution >= 0.6 is 0 Å². The van der Waals surface area contributed by atoms with E-state index in [1.165, 1.54) is 18.1 Å². The van der Waals surface area contributed by atoms with Crippen molar-refractivity contribution in [1.29, 1.82) is 0 Å². The molecular weight excluding hydrogens is 1310 g/mol. The molecular formula is C65H104O33. The third kappa shape index (κ3) is 12.8. The summed E-state index contributed by atoms with van der Waals surface area (Å²) in [5.41, 5.74) is 0.687. The van der Waals surface area contributed by atoms with Crippen molar-refractivity contribution in [2.45, 2.75) is 308 Å². The molecule has 0 radical (unpaired) electrons. The van der Waals surface area contributed by atoms with Crippen LogP contribution in [0.15, 0.2) is 11.1 Å². The average Bonchev–Trinajstić information content (AvgIpc) is 1.44. The highest BCUT2D eigenvalue weighted by atomic mass is 16.8. The molecule has 12 aliphatic rings. The highest BCUT2D eigenvalue weighted by Crippen LogP contribution is 2.75. The maximum atomic E-state index is 12.8. The van der Waals surface area contributed by atoms with E-state index in [0.717, 1.165) is 32.1 Å². The molecule has 33 nitrogen and oxygen atoms in total. The summed E-state index contributed by atoms with van der Waals surface area (Å²) in [5.74, 6) is -1.36. The smallest absolute Gasteiger partial charge is 0.311 e. The van der Waals surface area contributed by atoms with Crippen LogP contribution in [0.3, 0.4) is 0 Å². The molecule has 562 valence electrons. The molecule has 10 fully saturated rings. The zero-order chi connectivity index (χ0) is 71.0. The van der Waals surface area contributed by atoms with Crippen molar-refractivity contribution < 1.29 is 163 Å². The first-order valence-corrected chi connectivity index (χ1v) is 34.6. The van der Waals surface area contributed by atoms with E-state index in [9.17, 15) is 96.7 Å². The van der Waals surface area contributed by atoms with Gasteiger partial charge in [0.2, 0.25) is 5.79 Å². The summed E-state index contributed by atoms with van der Waals surface area (Å²) in [4.78, 5) is 12.8. The van der Waals surface area contributed by atoms with Crippen LogP contribution < -0.4 is 0 Å². The zero-order valence-electron chi connectivity index (χ0n) is 56.0. The molecule has 4 aliphatic carbocycles. The number of fused-ring (bicyclic) bond motifs is 4. The number of carbonyl (C=O) groups is 1. The van der Waals surface area contributed by atoms with Crippen LogP contribution in [0.2, 0.25) is 0 Å². The van der Waals surface area contributed by atoms with Crippen LogP contribution in [0, 0.1) is 39.4 Å². The van der Waals surface area contributed by atoms with Gasteiger partial charge in [0, 0.05) is 18.3 Å². The first kappa shape index (κ1) is 75.6. The second-order valence-electron chi connectivity index (χ2n) is 31.1. The van der Waals surface area contributed by atoms with Crippen LogP contribution in [0.5, 0.6) is 0 Å². The van der Waals surface area contributed by atoms with Gasteiger partial charge in [-0.15, -0.1) is 0 Å². The lowest BCUT2D eigenvalue weighted by molar-refractivity contribution is -0.414. The minimum absolute atomic E-state index is 0.100. The highest BCUT2D eigenvalue weighted by molar-refractivity contribution is 5.74.